The van der Waals surface area contributed by atoms with Crippen molar-refractivity contribution in [2.75, 3.05) is 18.0 Å². The standard InChI is InChI=1S/C21H23N5O2/c1-15-11-19(27)17-6-2-3-7-18(17)26(15)14-21(28)24-16-5-4-10-25(13-16)20-12-22-8-9-23-20/h2-3,6-9,11-12,16H,4-5,10,13-14H2,1H3,(H,24,28)/t16-/m1/s1. The number of hydrogen-bond acceptors (Lipinski definition) is 5. The Balaban J connectivity index is 1.48. The van der Waals surface area contributed by atoms with E-state index in [1.807, 2.05) is 29.7 Å². The van der Waals surface area contributed by atoms with Crippen LogP contribution < -0.4 is 15.6 Å². The molecule has 28 heavy (non-hydrogen) atoms. The molecule has 0 saturated carbocycles. The van der Waals surface area contributed by atoms with Crippen LogP contribution in [0.4, 0.5) is 5.82 Å². The third kappa shape index (κ3) is 3.74. The van der Waals surface area contributed by atoms with E-state index < -0.39 is 0 Å². The molecule has 1 fully saturated rings. The number of fused-ring (bicyclic) bond motifs is 1. The van der Waals surface area contributed by atoms with Crippen LogP contribution in [0.2, 0.25) is 0 Å². The average Bonchev–Trinajstić information content (AvgIpc) is 2.72. The maximum absolute atomic E-state index is 12.7. The molecule has 4 rings (SSSR count). The summed E-state index contributed by atoms with van der Waals surface area (Å²) in [5, 5.41) is 3.78. The number of aryl methyl sites for hydroxylation is 1. The zero-order valence-electron chi connectivity index (χ0n) is 15.8. The fraction of sp³-hybridized carbons (Fsp3) is 0.333. The predicted octanol–water partition coefficient (Wildman–Crippen LogP) is 1.89. The molecule has 3 aromatic rings. The Kier molecular flexibility index (Phi) is 5.06. The number of para-hydroxylation sites is 1. The summed E-state index contributed by atoms with van der Waals surface area (Å²) in [6.07, 6.45) is 7.01. The van der Waals surface area contributed by atoms with E-state index in [9.17, 15) is 9.59 Å². The normalized spacial score (nSPS) is 16.9. The number of piperidine rings is 1. The number of carbonyl (C=O) groups excluding carboxylic acids is 1. The van der Waals surface area contributed by atoms with Gasteiger partial charge in [0.2, 0.25) is 5.91 Å². The van der Waals surface area contributed by atoms with Crippen molar-refractivity contribution in [3.05, 3.63) is 64.8 Å². The Morgan fingerprint density at radius 3 is 2.96 bits per heavy atom. The maximum atomic E-state index is 12.7. The number of hydrogen-bond donors (Lipinski definition) is 1. The number of benzene rings is 1. The average molecular weight is 377 g/mol. The largest absolute Gasteiger partial charge is 0.353 e. The zero-order chi connectivity index (χ0) is 19.5. The third-order valence-electron chi connectivity index (χ3n) is 5.19. The van der Waals surface area contributed by atoms with Crippen LogP contribution in [0.3, 0.4) is 0 Å². The van der Waals surface area contributed by atoms with Crippen molar-refractivity contribution in [3.8, 4) is 0 Å². The van der Waals surface area contributed by atoms with Crippen LogP contribution in [0.25, 0.3) is 10.9 Å². The van der Waals surface area contributed by atoms with Crippen molar-refractivity contribution in [2.45, 2.75) is 32.4 Å². The molecule has 1 aliphatic rings. The van der Waals surface area contributed by atoms with Crippen LogP contribution in [0.5, 0.6) is 0 Å². The molecule has 0 radical (unpaired) electrons. The van der Waals surface area contributed by atoms with E-state index in [4.69, 9.17) is 0 Å². The number of pyridine rings is 1. The highest BCUT2D eigenvalue weighted by atomic mass is 16.2. The van der Waals surface area contributed by atoms with E-state index >= 15 is 0 Å². The lowest BCUT2D eigenvalue weighted by Crippen LogP contribution is -2.48. The lowest BCUT2D eigenvalue weighted by atomic mass is 10.1. The van der Waals surface area contributed by atoms with Gasteiger partial charge >= 0.3 is 0 Å². The first-order valence-corrected chi connectivity index (χ1v) is 9.51. The van der Waals surface area contributed by atoms with Crippen molar-refractivity contribution >= 4 is 22.6 Å². The quantitative estimate of drug-likeness (QED) is 0.751. The smallest absolute Gasteiger partial charge is 0.240 e. The molecule has 0 bridgehead atoms. The molecule has 7 nitrogen and oxygen atoms in total. The summed E-state index contributed by atoms with van der Waals surface area (Å²) in [4.78, 5) is 35.6. The number of rotatable bonds is 4. The monoisotopic (exact) mass is 377 g/mol. The highest BCUT2D eigenvalue weighted by molar-refractivity contribution is 5.82. The van der Waals surface area contributed by atoms with Gasteiger partial charge in [-0.25, -0.2) is 4.98 Å². The summed E-state index contributed by atoms with van der Waals surface area (Å²) in [5.74, 6) is 0.784. The van der Waals surface area contributed by atoms with E-state index in [-0.39, 0.29) is 23.9 Å². The second-order valence-electron chi connectivity index (χ2n) is 7.17. The Morgan fingerprint density at radius 2 is 2.14 bits per heavy atom. The molecule has 0 aliphatic carbocycles. The highest BCUT2D eigenvalue weighted by Crippen LogP contribution is 2.17. The number of aromatic nitrogens is 3. The maximum Gasteiger partial charge on any atom is 0.240 e. The third-order valence-corrected chi connectivity index (χ3v) is 5.19. The Hall–Kier alpha value is -3.22. The van der Waals surface area contributed by atoms with Crippen molar-refractivity contribution in [2.24, 2.45) is 0 Å². The minimum Gasteiger partial charge on any atom is -0.353 e. The molecule has 1 atom stereocenters. The summed E-state index contributed by atoms with van der Waals surface area (Å²) >= 11 is 0. The summed E-state index contributed by atoms with van der Waals surface area (Å²) < 4.78 is 1.90. The Labute approximate surface area is 163 Å². The molecule has 1 aliphatic heterocycles. The van der Waals surface area contributed by atoms with E-state index in [0.29, 0.717) is 11.9 Å². The number of nitrogens with one attached hydrogen (secondary N) is 1. The van der Waals surface area contributed by atoms with Gasteiger partial charge in [0, 0.05) is 48.7 Å². The molecule has 1 N–H and O–H groups in total. The summed E-state index contributed by atoms with van der Waals surface area (Å²) in [6.45, 7) is 3.68. The molecule has 1 aromatic carbocycles. The lowest BCUT2D eigenvalue weighted by molar-refractivity contribution is -0.122. The first kappa shape index (κ1) is 18.2. The molecule has 2 aromatic heterocycles. The topological polar surface area (TPSA) is 80.1 Å². The molecule has 3 heterocycles. The number of carbonyl (C=O) groups is 1. The van der Waals surface area contributed by atoms with Crippen LogP contribution in [0, 0.1) is 6.92 Å². The van der Waals surface area contributed by atoms with E-state index in [2.05, 4.69) is 20.2 Å². The first-order chi connectivity index (χ1) is 13.6. The van der Waals surface area contributed by atoms with Crippen molar-refractivity contribution in [1.29, 1.82) is 0 Å². The van der Waals surface area contributed by atoms with Crippen LogP contribution in [0.1, 0.15) is 18.5 Å². The zero-order valence-corrected chi connectivity index (χ0v) is 15.8. The van der Waals surface area contributed by atoms with Gasteiger partial charge in [0.05, 0.1) is 11.7 Å². The van der Waals surface area contributed by atoms with Crippen molar-refractivity contribution in [1.82, 2.24) is 19.9 Å². The second-order valence-corrected chi connectivity index (χ2v) is 7.17. The van der Waals surface area contributed by atoms with Gasteiger partial charge in [-0.2, -0.15) is 0 Å². The SMILES string of the molecule is Cc1cc(=O)c2ccccc2n1CC(=O)N[C@@H]1CCCN(c2cnccn2)C1. The van der Waals surface area contributed by atoms with Crippen LogP contribution in [0.15, 0.2) is 53.7 Å². The first-order valence-electron chi connectivity index (χ1n) is 9.51. The lowest BCUT2D eigenvalue weighted by Gasteiger charge is -2.33. The predicted molar refractivity (Wildman–Crippen MR) is 108 cm³/mol. The fourth-order valence-corrected chi connectivity index (χ4v) is 3.84. The van der Waals surface area contributed by atoms with Gasteiger partial charge < -0.3 is 14.8 Å². The minimum atomic E-state index is -0.0529. The van der Waals surface area contributed by atoms with Crippen molar-refractivity contribution < 1.29 is 4.79 Å². The molecule has 1 saturated heterocycles. The molecular weight excluding hydrogens is 354 g/mol. The van der Waals surface area contributed by atoms with Gasteiger partial charge in [0.25, 0.3) is 0 Å². The van der Waals surface area contributed by atoms with Gasteiger partial charge in [0.15, 0.2) is 5.43 Å². The Bertz CT molecular complexity index is 1050. The molecular formula is C21H23N5O2. The fourth-order valence-electron chi connectivity index (χ4n) is 3.84. The van der Waals surface area contributed by atoms with E-state index in [1.165, 1.54) is 0 Å². The van der Waals surface area contributed by atoms with Crippen molar-refractivity contribution in [3.63, 3.8) is 0 Å². The summed E-state index contributed by atoms with van der Waals surface area (Å²) in [5.41, 5.74) is 1.55. The molecule has 0 unspecified atom stereocenters. The summed E-state index contributed by atoms with van der Waals surface area (Å²) in [6, 6.07) is 9.06. The Morgan fingerprint density at radius 1 is 1.29 bits per heavy atom. The number of amides is 1. The number of anilines is 1. The van der Waals surface area contributed by atoms with Crippen LogP contribution >= 0.6 is 0 Å². The van der Waals surface area contributed by atoms with Crippen LogP contribution in [-0.2, 0) is 11.3 Å². The van der Waals surface area contributed by atoms with E-state index in [1.54, 1.807) is 30.7 Å². The van der Waals surface area contributed by atoms with Gasteiger partial charge in [-0.1, -0.05) is 12.1 Å². The molecule has 0 spiro atoms. The van der Waals surface area contributed by atoms with E-state index in [0.717, 1.165) is 36.4 Å². The van der Waals surface area contributed by atoms with Gasteiger partial charge in [-0.15, -0.1) is 0 Å². The highest BCUT2D eigenvalue weighted by Gasteiger charge is 2.22. The molecule has 7 heteroatoms. The second kappa shape index (κ2) is 7.80. The molecule has 144 valence electrons. The van der Waals surface area contributed by atoms with Gasteiger partial charge in [0.1, 0.15) is 12.4 Å². The van der Waals surface area contributed by atoms with Gasteiger partial charge in [-0.05, 0) is 31.9 Å². The molecule has 1 amide bonds. The summed E-state index contributed by atoms with van der Waals surface area (Å²) in [7, 11) is 0. The van der Waals surface area contributed by atoms with Crippen LogP contribution in [-0.4, -0.2) is 39.6 Å². The van der Waals surface area contributed by atoms with Gasteiger partial charge in [-0.3, -0.25) is 14.6 Å². The number of nitrogens with zero attached hydrogens (tertiary/aromatic N) is 4. The minimum absolute atomic E-state index is 0.0170.